The average Bonchev–Trinajstić information content (AvgIpc) is 2.52. The molecule has 0 saturated heterocycles. The lowest BCUT2D eigenvalue weighted by Crippen LogP contribution is -2.34. The molecule has 0 unspecified atom stereocenters. The van der Waals surface area contributed by atoms with Crippen LogP contribution in [-0.4, -0.2) is 6.03 Å². The first-order chi connectivity index (χ1) is 10.8. The molecule has 0 aliphatic carbocycles. The Morgan fingerprint density at radius 1 is 0.957 bits per heavy atom. The maximum Gasteiger partial charge on any atom is 0.416 e. The van der Waals surface area contributed by atoms with Crippen molar-refractivity contribution >= 4 is 17.6 Å². The third-order valence-electron chi connectivity index (χ3n) is 3.07. The minimum atomic E-state index is -4.40. The van der Waals surface area contributed by atoms with Crippen LogP contribution < -0.4 is 10.6 Å². The summed E-state index contributed by atoms with van der Waals surface area (Å²) in [6.07, 6.45) is -4.40. The fourth-order valence-corrected chi connectivity index (χ4v) is 2.01. The number of rotatable bonds is 4. The van der Waals surface area contributed by atoms with E-state index >= 15 is 0 Å². The van der Waals surface area contributed by atoms with Crippen molar-refractivity contribution in [2.24, 2.45) is 0 Å². The monoisotopic (exact) mass is 342 g/mol. The van der Waals surface area contributed by atoms with E-state index in [9.17, 15) is 18.0 Å². The van der Waals surface area contributed by atoms with Gasteiger partial charge in [-0.3, -0.25) is 0 Å². The number of alkyl halides is 3. The standard InChI is InChI=1S/C16H14ClF3N2O/c17-14-6-4-11(5-7-14)9-21-15(23)22-10-12-2-1-3-13(8-12)16(18,19)20/h1-8H,9-10H2,(H2,21,22,23). The van der Waals surface area contributed by atoms with Crippen molar-refractivity contribution in [3.05, 3.63) is 70.2 Å². The largest absolute Gasteiger partial charge is 0.416 e. The molecule has 0 bridgehead atoms. The highest BCUT2D eigenvalue weighted by Gasteiger charge is 2.30. The van der Waals surface area contributed by atoms with Crippen LogP contribution in [0, 0.1) is 0 Å². The number of hydrogen-bond donors (Lipinski definition) is 2. The van der Waals surface area contributed by atoms with Crippen LogP contribution in [0.15, 0.2) is 48.5 Å². The van der Waals surface area contributed by atoms with Gasteiger partial charge in [0.2, 0.25) is 0 Å². The second-order valence-corrected chi connectivity index (χ2v) is 5.30. The van der Waals surface area contributed by atoms with E-state index in [1.54, 1.807) is 24.3 Å². The fourth-order valence-electron chi connectivity index (χ4n) is 1.89. The smallest absolute Gasteiger partial charge is 0.334 e. The molecule has 0 heterocycles. The summed E-state index contributed by atoms with van der Waals surface area (Å²) in [7, 11) is 0. The average molecular weight is 343 g/mol. The van der Waals surface area contributed by atoms with Crippen LogP contribution in [0.5, 0.6) is 0 Å². The number of hydrogen-bond acceptors (Lipinski definition) is 1. The van der Waals surface area contributed by atoms with Crippen LogP contribution in [0.3, 0.4) is 0 Å². The van der Waals surface area contributed by atoms with Crippen LogP contribution in [-0.2, 0) is 19.3 Å². The van der Waals surface area contributed by atoms with Gasteiger partial charge in [0, 0.05) is 18.1 Å². The fraction of sp³-hybridized carbons (Fsp3) is 0.188. The molecular formula is C16H14ClF3N2O. The van der Waals surface area contributed by atoms with E-state index in [2.05, 4.69) is 10.6 Å². The molecule has 2 amide bonds. The Bertz CT molecular complexity index is 672. The van der Waals surface area contributed by atoms with Gasteiger partial charge in [-0.05, 0) is 35.4 Å². The van der Waals surface area contributed by atoms with Crippen LogP contribution in [0.25, 0.3) is 0 Å². The molecule has 2 rings (SSSR count). The summed E-state index contributed by atoms with van der Waals surface area (Å²) in [5.41, 5.74) is 0.503. The van der Waals surface area contributed by atoms with Gasteiger partial charge in [-0.2, -0.15) is 13.2 Å². The summed E-state index contributed by atoms with van der Waals surface area (Å²) in [6.45, 7) is 0.308. The van der Waals surface area contributed by atoms with Gasteiger partial charge in [-0.25, -0.2) is 4.79 Å². The van der Waals surface area contributed by atoms with Gasteiger partial charge in [0.25, 0.3) is 0 Å². The topological polar surface area (TPSA) is 41.1 Å². The first-order valence-electron chi connectivity index (χ1n) is 6.77. The number of carbonyl (C=O) groups is 1. The number of benzene rings is 2. The molecule has 2 N–H and O–H groups in total. The highest BCUT2D eigenvalue weighted by atomic mass is 35.5. The van der Waals surface area contributed by atoms with Crippen LogP contribution in [0.2, 0.25) is 5.02 Å². The number of carbonyl (C=O) groups excluding carboxylic acids is 1. The summed E-state index contributed by atoms with van der Waals surface area (Å²) in [5, 5.41) is 5.73. The van der Waals surface area contributed by atoms with E-state index < -0.39 is 17.8 Å². The lowest BCUT2D eigenvalue weighted by molar-refractivity contribution is -0.137. The zero-order valence-corrected chi connectivity index (χ0v) is 12.7. The van der Waals surface area contributed by atoms with Gasteiger partial charge in [0.15, 0.2) is 0 Å². The molecule has 23 heavy (non-hydrogen) atoms. The third-order valence-corrected chi connectivity index (χ3v) is 3.33. The Labute approximate surface area is 136 Å². The maximum atomic E-state index is 12.6. The molecule has 0 aliphatic rings. The Morgan fingerprint density at radius 2 is 1.57 bits per heavy atom. The molecule has 7 heteroatoms. The zero-order chi connectivity index (χ0) is 16.9. The predicted octanol–water partition coefficient (Wildman–Crippen LogP) is 4.36. The Morgan fingerprint density at radius 3 is 2.17 bits per heavy atom. The van der Waals surface area contributed by atoms with Gasteiger partial charge >= 0.3 is 12.2 Å². The molecular weight excluding hydrogens is 329 g/mol. The molecule has 0 aliphatic heterocycles. The number of urea groups is 1. The first kappa shape index (κ1) is 17.1. The van der Waals surface area contributed by atoms with Crippen molar-refractivity contribution in [1.82, 2.24) is 10.6 Å². The highest BCUT2D eigenvalue weighted by Crippen LogP contribution is 2.29. The van der Waals surface area contributed by atoms with Crippen molar-refractivity contribution in [3.8, 4) is 0 Å². The molecule has 0 aromatic heterocycles. The molecule has 3 nitrogen and oxygen atoms in total. The van der Waals surface area contributed by atoms with Gasteiger partial charge in [-0.1, -0.05) is 35.9 Å². The summed E-state index contributed by atoms with van der Waals surface area (Å²) < 4.78 is 37.8. The van der Waals surface area contributed by atoms with Gasteiger partial charge in [-0.15, -0.1) is 0 Å². The summed E-state index contributed by atoms with van der Waals surface area (Å²) >= 11 is 5.76. The van der Waals surface area contributed by atoms with Gasteiger partial charge in [0.05, 0.1) is 5.56 Å². The van der Waals surface area contributed by atoms with Crippen molar-refractivity contribution in [2.75, 3.05) is 0 Å². The normalized spacial score (nSPS) is 11.1. The number of halogens is 4. The molecule has 0 atom stereocenters. The van der Waals surface area contributed by atoms with Gasteiger partial charge < -0.3 is 10.6 Å². The second kappa shape index (κ2) is 7.37. The summed E-state index contributed by atoms with van der Waals surface area (Å²) in [4.78, 5) is 11.7. The lowest BCUT2D eigenvalue weighted by Gasteiger charge is -2.10. The molecule has 0 spiro atoms. The van der Waals surface area contributed by atoms with E-state index in [-0.39, 0.29) is 6.54 Å². The van der Waals surface area contributed by atoms with E-state index in [4.69, 9.17) is 11.6 Å². The molecule has 0 saturated carbocycles. The predicted molar refractivity (Wildman–Crippen MR) is 82.0 cm³/mol. The maximum absolute atomic E-state index is 12.6. The molecule has 122 valence electrons. The minimum Gasteiger partial charge on any atom is -0.334 e. The van der Waals surface area contributed by atoms with Crippen molar-refractivity contribution in [1.29, 1.82) is 0 Å². The van der Waals surface area contributed by atoms with Crippen molar-refractivity contribution < 1.29 is 18.0 Å². The minimum absolute atomic E-state index is 0.0103. The van der Waals surface area contributed by atoms with Crippen molar-refractivity contribution in [2.45, 2.75) is 19.3 Å². The van der Waals surface area contributed by atoms with E-state index in [0.29, 0.717) is 17.1 Å². The van der Waals surface area contributed by atoms with Crippen LogP contribution >= 0.6 is 11.6 Å². The van der Waals surface area contributed by atoms with E-state index in [0.717, 1.165) is 17.7 Å². The Balaban J connectivity index is 1.83. The Hall–Kier alpha value is -2.21. The quantitative estimate of drug-likeness (QED) is 0.851. The first-order valence-corrected chi connectivity index (χ1v) is 7.14. The Kier molecular flexibility index (Phi) is 5.50. The summed E-state index contributed by atoms with van der Waals surface area (Å²) in [5.74, 6) is 0. The number of nitrogens with one attached hydrogen (secondary N) is 2. The van der Waals surface area contributed by atoms with E-state index in [1.165, 1.54) is 12.1 Å². The van der Waals surface area contributed by atoms with Crippen LogP contribution in [0.1, 0.15) is 16.7 Å². The molecule has 2 aromatic carbocycles. The molecule has 0 radical (unpaired) electrons. The van der Waals surface area contributed by atoms with E-state index in [1.807, 2.05) is 0 Å². The van der Waals surface area contributed by atoms with Crippen molar-refractivity contribution in [3.63, 3.8) is 0 Å². The summed E-state index contributed by atoms with van der Waals surface area (Å²) in [6, 6.07) is 11.3. The number of amides is 2. The molecule has 0 fully saturated rings. The second-order valence-electron chi connectivity index (χ2n) is 4.86. The van der Waals surface area contributed by atoms with Gasteiger partial charge in [0.1, 0.15) is 0 Å². The lowest BCUT2D eigenvalue weighted by atomic mass is 10.1. The SMILES string of the molecule is O=C(NCc1ccc(Cl)cc1)NCc1cccc(C(F)(F)F)c1. The zero-order valence-electron chi connectivity index (χ0n) is 12.0. The third kappa shape index (κ3) is 5.49. The molecule has 2 aromatic rings. The van der Waals surface area contributed by atoms with Crippen LogP contribution in [0.4, 0.5) is 18.0 Å². The highest BCUT2D eigenvalue weighted by molar-refractivity contribution is 6.30.